The van der Waals surface area contributed by atoms with Crippen molar-refractivity contribution in [2.45, 2.75) is 25.9 Å². The molecule has 15 heavy (non-hydrogen) atoms. The summed E-state index contributed by atoms with van der Waals surface area (Å²) in [6, 6.07) is 0. The van der Waals surface area contributed by atoms with E-state index in [-0.39, 0.29) is 0 Å². The van der Waals surface area contributed by atoms with Crippen molar-refractivity contribution in [1.82, 2.24) is 4.90 Å². The fraction of sp³-hybridized carbons (Fsp3) is 1.00. The standard InChI is InChI=1S/C11H22ClNO2/c1-2-15-11-3-6-13(7-4-11)8-10-14-9-5-12/h11H,2-10H2,1H3. The molecular weight excluding hydrogens is 214 g/mol. The second kappa shape index (κ2) is 8.34. The van der Waals surface area contributed by atoms with Gasteiger partial charge in [-0.2, -0.15) is 0 Å². The Bertz CT molecular complexity index is 147. The first-order chi connectivity index (χ1) is 7.36. The summed E-state index contributed by atoms with van der Waals surface area (Å²) in [5.74, 6) is 0.590. The molecule has 90 valence electrons. The predicted octanol–water partition coefficient (Wildman–Crippen LogP) is 1.74. The van der Waals surface area contributed by atoms with Crippen molar-refractivity contribution >= 4 is 11.6 Å². The molecule has 3 nitrogen and oxygen atoms in total. The summed E-state index contributed by atoms with van der Waals surface area (Å²) < 4.78 is 11.0. The number of rotatable bonds is 7. The van der Waals surface area contributed by atoms with E-state index in [4.69, 9.17) is 21.1 Å². The van der Waals surface area contributed by atoms with Crippen LogP contribution in [-0.4, -0.2) is 56.3 Å². The summed E-state index contributed by atoms with van der Waals surface area (Å²) >= 11 is 5.52. The molecule has 1 aliphatic rings. The van der Waals surface area contributed by atoms with E-state index in [1.807, 2.05) is 0 Å². The van der Waals surface area contributed by atoms with Gasteiger partial charge in [0.25, 0.3) is 0 Å². The molecule has 0 saturated carbocycles. The summed E-state index contributed by atoms with van der Waals surface area (Å²) in [4.78, 5) is 2.43. The molecule has 0 bridgehead atoms. The molecule has 4 heteroatoms. The van der Waals surface area contributed by atoms with E-state index >= 15 is 0 Å². The van der Waals surface area contributed by atoms with Gasteiger partial charge in [-0.15, -0.1) is 11.6 Å². The number of nitrogens with zero attached hydrogens (tertiary/aromatic N) is 1. The number of alkyl halides is 1. The van der Waals surface area contributed by atoms with E-state index in [0.29, 0.717) is 18.6 Å². The predicted molar refractivity (Wildman–Crippen MR) is 62.6 cm³/mol. The van der Waals surface area contributed by atoms with Crippen molar-refractivity contribution in [1.29, 1.82) is 0 Å². The average molecular weight is 236 g/mol. The van der Waals surface area contributed by atoms with Crippen LogP contribution in [0.15, 0.2) is 0 Å². The van der Waals surface area contributed by atoms with Crippen LogP contribution in [0, 0.1) is 0 Å². The number of hydrogen-bond donors (Lipinski definition) is 0. The maximum atomic E-state index is 5.60. The van der Waals surface area contributed by atoms with Gasteiger partial charge in [0.05, 0.1) is 19.3 Å². The number of likely N-dealkylation sites (tertiary alicyclic amines) is 1. The lowest BCUT2D eigenvalue weighted by molar-refractivity contribution is 0.00754. The van der Waals surface area contributed by atoms with Crippen molar-refractivity contribution < 1.29 is 9.47 Å². The second-order valence-electron chi connectivity index (χ2n) is 3.80. The van der Waals surface area contributed by atoms with E-state index in [9.17, 15) is 0 Å². The highest BCUT2D eigenvalue weighted by Gasteiger charge is 2.18. The van der Waals surface area contributed by atoms with Crippen LogP contribution in [0.2, 0.25) is 0 Å². The molecular formula is C11H22ClNO2. The van der Waals surface area contributed by atoms with Gasteiger partial charge in [-0.3, -0.25) is 0 Å². The van der Waals surface area contributed by atoms with Crippen LogP contribution in [-0.2, 0) is 9.47 Å². The lowest BCUT2D eigenvalue weighted by Crippen LogP contribution is -2.38. The van der Waals surface area contributed by atoms with Crippen molar-refractivity contribution in [2.24, 2.45) is 0 Å². The van der Waals surface area contributed by atoms with Crippen LogP contribution < -0.4 is 0 Å². The number of hydrogen-bond acceptors (Lipinski definition) is 3. The largest absolute Gasteiger partial charge is 0.379 e. The van der Waals surface area contributed by atoms with Crippen molar-refractivity contribution in [3.63, 3.8) is 0 Å². The zero-order valence-electron chi connectivity index (χ0n) is 9.58. The summed E-state index contributed by atoms with van der Waals surface area (Å²) in [6.07, 6.45) is 2.79. The molecule has 1 fully saturated rings. The molecule has 1 rings (SSSR count). The maximum Gasteiger partial charge on any atom is 0.0602 e. The Morgan fingerprint density at radius 2 is 2.00 bits per heavy atom. The third-order valence-corrected chi connectivity index (χ3v) is 2.86. The molecule has 0 aromatic heterocycles. The van der Waals surface area contributed by atoms with Crippen LogP contribution in [0.3, 0.4) is 0 Å². The van der Waals surface area contributed by atoms with E-state index in [1.165, 1.54) is 0 Å². The lowest BCUT2D eigenvalue weighted by Gasteiger charge is -2.31. The van der Waals surface area contributed by atoms with Gasteiger partial charge in [0.15, 0.2) is 0 Å². The average Bonchev–Trinajstić information content (AvgIpc) is 2.27. The summed E-state index contributed by atoms with van der Waals surface area (Å²) in [5.41, 5.74) is 0. The van der Waals surface area contributed by atoms with Crippen molar-refractivity contribution in [2.75, 3.05) is 45.3 Å². The highest BCUT2D eigenvalue weighted by atomic mass is 35.5. The van der Waals surface area contributed by atoms with Gasteiger partial charge in [-0.25, -0.2) is 0 Å². The second-order valence-corrected chi connectivity index (χ2v) is 4.18. The van der Waals surface area contributed by atoms with Gasteiger partial charge in [-0.05, 0) is 19.8 Å². The zero-order valence-corrected chi connectivity index (χ0v) is 10.3. The summed E-state index contributed by atoms with van der Waals surface area (Å²) in [5, 5.41) is 0. The lowest BCUT2D eigenvalue weighted by atomic mass is 10.1. The van der Waals surface area contributed by atoms with Crippen LogP contribution >= 0.6 is 11.6 Å². The van der Waals surface area contributed by atoms with Gasteiger partial charge in [0.2, 0.25) is 0 Å². The number of halogens is 1. The third-order valence-electron chi connectivity index (χ3n) is 2.71. The van der Waals surface area contributed by atoms with E-state index < -0.39 is 0 Å². The van der Waals surface area contributed by atoms with Crippen LogP contribution in [0.4, 0.5) is 0 Å². The minimum absolute atomic E-state index is 0.481. The SMILES string of the molecule is CCOC1CCN(CCOCCCl)CC1. The first kappa shape index (κ1) is 13.2. The molecule has 1 aliphatic heterocycles. The molecule has 0 atom stereocenters. The Morgan fingerprint density at radius 1 is 1.27 bits per heavy atom. The normalized spacial score (nSPS) is 19.6. The van der Waals surface area contributed by atoms with E-state index in [2.05, 4.69) is 11.8 Å². The topological polar surface area (TPSA) is 21.7 Å². The summed E-state index contributed by atoms with van der Waals surface area (Å²) in [7, 11) is 0. The molecule has 1 heterocycles. The Morgan fingerprint density at radius 3 is 2.60 bits per heavy atom. The minimum Gasteiger partial charge on any atom is -0.379 e. The quantitative estimate of drug-likeness (QED) is 0.496. The fourth-order valence-corrected chi connectivity index (χ4v) is 1.99. The molecule has 0 amide bonds. The molecule has 0 radical (unpaired) electrons. The Hall–Kier alpha value is 0.170. The number of ether oxygens (including phenoxy) is 2. The highest BCUT2D eigenvalue weighted by Crippen LogP contribution is 2.12. The van der Waals surface area contributed by atoms with Crippen molar-refractivity contribution in [3.8, 4) is 0 Å². The summed E-state index contributed by atoms with van der Waals surface area (Å²) in [6.45, 7) is 7.65. The highest BCUT2D eigenvalue weighted by molar-refractivity contribution is 6.17. The smallest absolute Gasteiger partial charge is 0.0602 e. The molecule has 0 aromatic carbocycles. The maximum absolute atomic E-state index is 5.60. The van der Waals surface area contributed by atoms with Gasteiger partial charge in [-0.1, -0.05) is 0 Å². The third kappa shape index (κ3) is 5.71. The molecule has 0 N–H and O–H groups in total. The zero-order chi connectivity index (χ0) is 10.9. The van der Waals surface area contributed by atoms with Crippen LogP contribution in [0.25, 0.3) is 0 Å². The first-order valence-corrected chi connectivity index (χ1v) is 6.38. The molecule has 0 unspecified atom stereocenters. The van der Waals surface area contributed by atoms with Crippen LogP contribution in [0.1, 0.15) is 19.8 Å². The minimum atomic E-state index is 0.481. The van der Waals surface area contributed by atoms with Crippen LogP contribution in [0.5, 0.6) is 0 Å². The van der Waals surface area contributed by atoms with Gasteiger partial charge in [0, 0.05) is 32.1 Å². The molecule has 0 aromatic rings. The molecule has 0 aliphatic carbocycles. The molecule has 0 spiro atoms. The van der Waals surface area contributed by atoms with Gasteiger partial charge in [0.1, 0.15) is 0 Å². The van der Waals surface area contributed by atoms with Gasteiger partial charge >= 0.3 is 0 Å². The first-order valence-electron chi connectivity index (χ1n) is 5.84. The Kier molecular flexibility index (Phi) is 7.36. The van der Waals surface area contributed by atoms with Gasteiger partial charge < -0.3 is 14.4 Å². The fourth-order valence-electron chi connectivity index (χ4n) is 1.89. The number of piperidine rings is 1. The Labute approximate surface area is 97.7 Å². The Balaban J connectivity index is 1.99. The van der Waals surface area contributed by atoms with E-state index in [1.54, 1.807) is 0 Å². The van der Waals surface area contributed by atoms with E-state index in [0.717, 1.165) is 45.7 Å². The molecule has 1 saturated heterocycles. The van der Waals surface area contributed by atoms with Crippen molar-refractivity contribution in [3.05, 3.63) is 0 Å². The monoisotopic (exact) mass is 235 g/mol.